The highest BCUT2D eigenvalue weighted by Gasteiger charge is 2.46. The SMILES string of the molecule is CCc1ccc(C(=O)C2=C(C(F)(F)F)Nc3ncnn3[C@H]2c2ccc(OC)cc2)s1. The van der Waals surface area contributed by atoms with Gasteiger partial charge in [-0.25, -0.2) is 4.68 Å². The van der Waals surface area contributed by atoms with Crippen LogP contribution in [-0.4, -0.2) is 33.8 Å². The average Bonchev–Trinajstić information content (AvgIpc) is 3.40. The lowest BCUT2D eigenvalue weighted by Gasteiger charge is -2.30. The third kappa shape index (κ3) is 3.47. The van der Waals surface area contributed by atoms with Crippen LogP contribution in [0.3, 0.4) is 0 Å². The van der Waals surface area contributed by atoms with Crippen LogP contribution in [0.4, 0.5) is 19.1 Å². The van der Waals surface area contributed by atoms with E-state index in [2.05, 4.69) is 15.4 Å². The number of allylic oxidation sites excluding steroid dienone is 2. The van der Waals surface area contributed by atoms with Gasteiger partial charge in [0, 0.05) is 4.88 Å². The Hall–Kier alpha value is -3.14. The van der Waals surface area contributed by atoms with Gasteiger partial charge in [-0.05, 0) is 36.2 Å². The minimum Gasteiger partial charge on any atom is -0.497 e. The van der Waals surface area contributed by atoms with Gasteiger partial charge >= 0.3 is 6.18 Å². The fraction of sp³-hybridized carbons (Fsp3) is 0.250. The molecule has 1 aromatic carbocycles. The van der Waals surface area contributed by atoms with Gasteiger partial charge in [0.2, 0.25) is 11.7 Å². The maximum atomic E-state index is 14.0. The molecule has 0 bridgehead atoms. The number of carbonyl (C=O) groups is 1. The summed E-state index contributed by atoms with van der Waals surface area (Å²) >= 11 is 1.19. The summed E-state index contributed by atoms with van der Waals surface area (Å²) in [6, 6.07) is 8.72. The van der Waals surface area contributed by atoms with Crippen molar-refractivity contribution in [2.45, 2.75) is 25.6 Å². The van der Waals surface area contributed by atoms with E-state index < -0.39 is 29.3 Å². The minimum atomic E-state index is -4.78. The summed E-state index contributed by atoms with van der Waals surface area (Å²) in [5, 5.41) is 6.35. The quantitative estimate of drug-likeness (QED) is 0.594. The van der Waals surface area contributed by atoms with Gasteiger partial charge in [0.1, 0.15) is 23.8 Å². The molecule has 0 unspecified atom stereocenters. The highest BCUT2D eigenvalue weighted by molar-refractivity contribution is 7.14. The van der Waals surface area contributed by atoms with Gasteiger partial charge in [-0.2, -0.15) is 23.3 Å². The van der Waals surface area contributed by atoms with E-state index in [0.717, 1.165) is 11.2 Å². The average molecular weight is 434 g/mol. The van der Waals surface area contributed by atoms with E-state index >= 15 is 0 Å². The number of anilines is 1. The second-order valence-electron chi connectivity index (χ2n) is 6.56. The molecule has 3 aromatic rings. The van der Waals surface area contributed by atoms with Gasteiger partial charge in [-0.15, -0.1) is 11.3 Å². The molecule has 6 nitrogen and oxygen atoms in total. The number of alkyl halides is 3. The predicted molar refractivity (Wildman–Crippen MR) is 106 cm³/mol. The molecule has 0 saturated heterocycles. The molecule has 4 rings (SSSR count). The Morgan fingerprint density at radius 2 is 1.97 bits per heavy atom. The minimum absolute atomic E-state index is 0.0832. The van der Waals surface area contributed by atoms with Gasteiger partial charge in [0.05, 0.1) is 17.6 Å². The zero-order valence-corrected chi connectivity index (χ0v) is 16.8. The van der Waals surface area contributed by atoms with Crippen LogP contribution in [-0.2, 0) is 6.42 Å². The van der Waals surface area contributed by atoms with Gasteiger partial charge < -0.3 is 10.1 Å². The lowest BCUT2D eigenvalue weighted by Crippen LogP contribution is -2.35. The Balaban J connectivity index is 1.92. The number of rotatable bonds is 5. The number of aryl methyl sites for hydroxylation is 1. The van der Waals surface area contributed by atoms with Crippen LogP contribution in [0.1, 0.15) is 33.1 Å². The van der Waals surface area contributed by atoms with Crippen LogP contribution in [0.5, 0.6) is 5.75 Å². The molecular weight excluding hydrogens is 417 g/mol. The third-order valence-corrected chi connectivity index (χ3v) is 6.02. The molecule has 1 atom stereocenters. The molecular formula is C20H17F3N4O2S. The number of Topliss-reactive ketones (excluding diaryl/α,β-unsaturated/α-hetero) is 1. The largest absolute Gasteiger partial charge is 0.497 e. The highest BCUT2D eigenvalue weighted by Crippen LogP contribution is 2.42. The summed E-state index contributed by atoms with van der Waals surface area (Å²) in [6.07, 6.45) is -2.94. The molecule has 10 heteroatoms. The van der Waals surface area contributed by atoms with Crippen LogP contribution in [0.15, 0.2) is 54.0 Å². The number of benzene rings is 1. The molecule has 3 heterocycles. The second-order valence-corrected chi connectivity index (χ2v) is 7.73. The number of ether oxygens (including phenoxy) is 1. The van der Waals surface area contributed by atoms with Crippen molar-refractivity contribution in [2.75, 3.05) is 12.4 Å². The first-order valence-electron chi connectivity index (χ1n) is 9.08. The first-order chi connectivity index (χ1) is 14.3. The van der Waals surface area contributed by atoms with Crippen molar-refractivity contribution < 1.29 is 22.7 Å². The van der Waals surface area contributed by atoms with Crippen LogP contribution < -0.4 is 10.1 Å². The molecule has 0 saturated carbocycles. The van der Waals surface area contributed by atoms with E-state index in [0.29, 0.717) is 17.7 Å². The molecule has 0 aliphatic carbocycles. The van der Waals surface area contributed by atoms with Crippen molar-refractivity contribution in [2.24, 2.45) is 0 Å². The van der Waals surface area contributed by atoms with Crippen LogP contribution in [0, 0.1) is 0 Å². The Bertz CT molecular complexity index is 1120. The number of ketones is 1. The van der Waals surface area contributed by atoms with Crippen LogP contribution >= 0.6 is 11.3 Å². The summed E-state index contributed by atoms with van der Waals surface area (Å²) in [5.41, 5.74) is -1.09. The Kier molecular flexibility index (Phi) is 5.10. The van der Waals surface area contributed by atoms with E-state index in [1.807, 2.05) is 6.92 Å². The molecule has 30 heavy (non-hydrogen) atoms. The van der Waals surface area contributed by atoms with Crippen molar-refractivity contribution in [1.29, 1.82) is 0 Å². The smallest absolute Gasteiger partial charge is 0.431 e. The maximum absolute atomic E-state index is 14.0. The fourth-order valence-corrected chi connectivity index (χ4v) is 4.25. The number of methoxy groups -OCH3 is 1. The fourth-order valence-electron chi connectivity index (χ4n) is 3.34. The standard InChI is InChI=1S/C20H17F3N4O2S/c1-3-13-8-9-14(30-13)17(28)15-16(11-4-6-12(29-2)7-5-11)27-19(24-10-25-27)26-18(15)20(21,22)23/h4-10,16H,3H2,1-2H3,(H,24,25,26)/t16-/m0/s1. The summed E-state index contributed by atoms with van der Waals surface area (Å²) in [5.74, 6) is -0.230. The number of hydrogen-bond donors (Lipinski definition) is 1. The number of halogens is 3. The zero-order chi connectivity index (χ0) is 21.5. The summed E-state index contributed by atoms with van der Waals surface area (Å²) < 4.78 is 48.4. The van der Waals surface area contributed by atoms with Crippen molar-refractivity contribution >= 4 is 23.1 Å². The van der Waals surface area contributed by atoms with Crippen molar-refractivity contribution in [1.82, 2.24) is 14.8 Å². The Morgan fingerprint density at radius 1 is 1.23 bits per heavy atom. The van der Waals surface area contributed by atoms with E-state index in [4.69, 9.17) is 4.74 Å². The van der Waals surface area contributed by atoms with Crippen LogP contribution in [0.2, 0.25) is 0 Å². The van der Waals surface area contributed by atoms with Crippen molar-refractivity contribution in [3.8, 4) is 5.75 Å². The van der Waals surface area contributed by atoms with E-state index in [1.54, 1.807) is 36.4 Å². The molecule has 1 aliphatic heterocycles. The number of fused-ring (bicyclic) bond motifs is 1. The first-order valence-corrected chi connectivity index (χ1v) is 9.90. The number of aromatic nitrogens is 3. The molecule has 0 amide bonds. The Morgan fingerprint density at radius 3 is 2.57 bits per heavy atom. The molecule has 2 aromatic heterocycles. The monoisotopic (exact) mass is 434 g/mol. The van der Waals surface area contributed by atoms with Gasteiger partial charge in [-0.3, -0.25) is 4.79 Å². The van der Waals surface area contributed by atoms with E-state index in [9.17, 15) is 18.0 Å². The number of nitrogens with one attached hydrogen (secondary N) is 1. The summed E-state index contributed by atoms with van der Waals surface area (Å²) in [7, 11) is 1.49. The van der Waals surface area contributed by atoms with Crippen molar-refractivity contribution in [3.63, 3.8) is 0 Å². The van der Waals surface area contributed by atoms with Gasteiger partial charge in [0.15, 0.2) is 0 Å². The molecule has 0 radical (unpaired) electrons. The maximum Gasteiger partial charge on any atom is 0.431 e. The van der Waals surface area contributed by atoms with E-state index in [-0.39, 0.29) is 10.8 Å². The Labute approximate surface area is 174 Å². The highest BCUT2D eigenvalue weighted by atomic mass is 32.1. The first kappa shape index (κ1) is 20.1. The lowest BCUT2D eigenvalue weighted by atomic mass is 9.91. The number of thiophene rings is 1. The van der Waals surface area contributed by atoms with Crippen molar-refractivity contribution in [3.05, 3.63) is 69.3 Å². The normalized spacial score (nSPS) is 16.2. The summed E-state index contributed by atoms with van der Waals surface area (Å²) in [4.78, 5) is 18.4. The zero-order valence-electron chi connectivity index (χ0n) is 16.0. The second kappa shape index (κ2) is 7.60. The molecule has 156 valence electrons. The van der Waals surface area contributed by atoms with Gasteiger partial charge in [0.25, 0.3) is 0 Å². The van der Waals surface area contributed by atoms with E-state index in [1.165, 1.54) is 23.1 Å². The summed E-state index contributed by atoms with van der Waals surface area (Å²) in [6.45, 7) is 1.92. The van der Waals surface area contributed by atoms with Gasteiger partial charge in [-0.1, -0.05) is 19.1 Å². The third-order valence-electron chi connectivity index (χ3n) is 4.79. The number of nitrogens with zero attached hydrogens (tertiary/aromatic N) is 3. The molecule has 0 spiro atoms. The molecule has 0 fully saturated rings. The number of carbonyl (C=O) groups excluding carboxylic acids is 1. The molecule has 1 aliphatic rings. The topological polar surface area (TPSA) is 69.0 Å². The number of hydrogen-bond acceptors (Lipinski definition) is 6. The van der Waals surface area contributed by atoms with Crippen LogP contribution in [0.25, 0.3) is 0 Å². The molecule has 1 N–H and O–H groups in total. The lowest BCUT2D eigenvalue weighted by molar-refractivity contribution is -0.0918. The predicted octanol–water partition coefficient (Wildman–Crippen LogP) is 4.62.